The van der Waals surface area contributed by atoms with Crippen LogP contribution in [-0.4, -0.2) is 49.1 Å². The van der Waals surface area contributed by atoms with Gasteiger partial charge in [-0.1, -0.05) is 13.8 Å². The molecule has 3 rings (SSSR count). The third-order valence-corrected chi connectivity index (χ3v) is 5.09. The largest absolute Gasteiger partial charge is 0.347 e. The number of rotatable bonds is 1. The predicted molar refractivity (Wildman–Crippen MR) is 74.8 cm³/mol. The van der Waals surface area contributed by atoms with E-state index >= 15 is 0 Å². The fourth-order valence-corrected chi connectivity index (χ4v) is 4.06. The van der Waals surface area contributed by atoms with Gasteiger partial charge in [0.2, 0.25) is 0 Å². The molecule has 2 aliphatic heterocycles. The molecule has 3 aliphatic rings. The van der Waals surface area contributed by atoms with Crippen LogP contribution in [0.25, 0.3) is 0 Å². The molecule has 1 spiro atoms. The van der Waals surface area contributed by atoms with Crippen molar-refractivity contribution >= 4 is 0 Å². The van der Waals surface area contributed by atoms with E-state index in [9.17, 15) is 0 Å². The Bertz CT molecular complexity index is 326. The second-order valence-corrected chi connectivity index (χ2v) is 7.32. The molecule has 1 saturated carbocycles. The van der Waals surface area contributed by atoms with Crippen molar-refractivity contribution in [3.05, 3.63) is 0 Å². The van der Waals surface area contributed by atoms with Gasteiger partial charge in [0, 0.05) is 31.5 Å². The lowest BCUT2D eigenvalue weighted by molar-refractivity contribution is -0.194. The zero-order valence-electron chi connectivity index (χ0n) is 12.4. The zero-order valence-corrected chi connectivity index (χ0v) is 12.4. The second-order valence-electron chi connectivity index (χ2n) is 7.32. The van der Waals surface area contributed by atoms with Crippen LogP contribution in [-0.2, 0) is 9.47 Å². The highest BCUT2D eigenvalue weighted by Gasteiger charge is 2.46. The number of hydrogen-bond acceptors (Lipinski definition) is 4. The monoisotopic (exact) mass is 268 g/mol. The number of likely N-dealkylation sites (tertiary alicyclic amines) is 1. The Morgan fingerprint density at radius 2 is 1.89 bits per heavy atom. The van der Waals surface area contributed by atoms with Gasteiger partial charge >= 0.3 is 0 Å². The predicted octanol–water partition coefficient (Wildman–Crippen LogP) is 1.73. The molecule has 2 saturated heterocycles. The normalized spacial score (nSPS) is 38.7. The molecule has 110 valence electrons. The Morgan fingerprint density at radius 3 is 2.58 bits per heavy atom. The fraction of sp³-hybridized carbons (Fsp3) is 1.00. The standard InChI is InChI=1S/C15H28N2O2/c1-14(2)5-3-7-17(11-14)13-10-15(6-4-12(13)16)18-8-9-19-15/h12-13H,3-11,16H2,1-2H3. The lowest BCUT2D eigenvalue weighted by Crippen LogP contribution is -2.59. The molecular weight excluding hydrogens is 240 g/mol. The summed E-state index contributed by atoms with van der Waals surface area (Å²) in [6.45, 7) is 8.55. The van der Waals surface area contributed by atoms with Gasteiger partial charge in [0.1, 0.15) is 0 Å². The van der Waals surface area contributed by atoms with E-state index in [0.29, 0.717) is 11.5 Å². The van der Waals surface area contributed by atoms with Crippen molar-refractivity contribution in [2.75, 3.05) is 26.3 Å². The van der Waals surface area contributed by atoms with E-state index in [4.69, 9.17) is 15.2 Å². The van der Waals surface area contributed by atoms with Gasteiger partial charge in [0.05, 0.1) is 13.2 Å². The zero-order chi connectivity index (χ0) is 13.5. The molecule has 0 aromatic heterocycles. The summed E-state index contributed by atoms with van der Waals surface area (Å²) < 4.78 is 11.8. The summed E-state index contributed by atoms with van der Waals surface area (Å²) in [7, 11) is 0. The highest BCUT2D eigenvalue weighted by Crippen LogP contribution is 2.39. The molecule has 0 amide bonds. The second kappa shape index (κ2) is 4.99. The molecule has 2 heterocycles. The van der Waals surface area contributed by atoms with E-state index < -0.39 is 0 Å². The van der Waals surface area contributed by atoms with Crippen LogP contribution in [0.5, 0.6) is 0 Å². The third kappa shape index (κ3) is 2.82. The number of nitrogens with zero attached hydrogens (tertiary/aromatic N) is 1. The van der Waals surface area contributed by atoms with Crippen molar-refractivity contribution in [1.29, 1.82) is 0 Å². The minimum absolute atomic E-state index is 0.271. The summed E-state index contributed by atoms with van der Waals surface area (Å²) in [6, 6.07) is 0.693. The Kier molecular flexibility index (Phi) is 3.63. The summed E-state index contributed by atoms with van der Waals surface area (Å²) in [5, 5.41) is 0. The van der Waals surface area contributed by atoms with E-state index in [-0.39, 0.29) is 11.8 Å². The first kappa shape index (κ1) is 13.8. The number of ether oxygens (including phenoxy) is 2. The van der Waals surface area contributed by atoms with Crippen LogP contribution in [0.3, 0.4) is 0 Å². The summed E-state index contributed by atoms with van der Waals surface area (Å²) in [4.78, 5) is 2.60. The van der Waals surface area contributed by atoms with E-state index in [1.54, 1.807) is 0 Å². The first-order valence-corrected chi connectivity index (χ1v) is 7.77. The van der Waals surface area contributed by atoms with Crippen LogP contribution < -0.4 is 5.73 Å². The molecule has 0 aromatic rings. The fourth-order valence-electron chi connectivity index (χ4n) is 4.06. The van der Waals surface area contributed by atoms with E-state index in [0.717, 1.165) is 39.0 Å². The summed E-state index contributed by atoms with van der Waals surface area (Å²) in [5.41, 5.74) is 6.81. The number of piperidine rings is 1. The maximum Gasteiger partial charge on any atom is 0.170 e. The van der Waals surface area contributed by atoms with Crippen molar-refractivity contribution in [3.63, 3.8) is 0 Å². The summed E-state index contributed by atoms with van der Waals surface area (Å²) >= 11 is 0. The number of nitrogens with two attached hydrogens (primary N) is 1. The Labute approximate surface area is 116 Å². The van der Waals surface area contributed by atoms with Crippen molar-refractivity contribution in [2.24, 2.45) is 11.1 Å². The van der Waals surface area contributed by atoms with Gasteiger partial charge in [0.25, 0.3) is 0 Å². The maximum atomic E-state index is 6.40. The maximum absolute atomic E-state index is 6.40. The molecule has 4 nitrogen and oxygen atoms in total. The molecule has 19 heavy (non-hydrogen) atoms. The Balaban J connectivity index is 1.71. The van der Waals surface area contributed by atoms with Gasteiger partial charge in [-0.25, -0.2) is 0 Å². The summed E-state index contributed by atoms with van der Waals surface area (Å²) in [5.74, 6) is -0.317. The van der Waals surface area contributed by atoms with E-state index in [1.165, 1.54) is 19.4 Å². The highest BCUT2D eigenvalue weighted by molar-refractivity contribution is 4.97. The van der Waals surface area contributed by atoms with Gasteiger partial charge in [-0.2, -0.15) is 0 Å². The number of hydrogen-bond donors (Lipinski definition) is 1. The van der Waals surface area contributed by atoms with Crippen LogP contribution >= 0.6 is 0 Å². The smallest absolute Gasteiger partial charge is 0.170 e. The molecule has 0 radical (unpaired) electrons. The quantitative estimate of drug-likeness (QED) is 0.787. The van der Waals surface area contributed by atoms with Gasteiger partial charge in [-0.15, -0.1) is 0 Å². The molecule has 4 heteroatoms. The Morgan fingerprint density at radius 1 is 1.16 bits per heavy atom. The molecule has 0 aromatic carbocycles. The van der Waals surface area contributed by atoms with Crippen molar-refractivity contribution in [1.82, 2.24) is 4.90 Å². The van der Waals surface area contributed by atoms with Gasteiger partial charge in [-0.3, -0.25) is 4.90 Å². The van der Waals surface area contributed by atoms with Crippen LogP contribution in [0.1, 0.15) is 46.0 Å². The van der Waals surface area contributed by atoms with Crippen molar-refractivity contribution < 1.29 is 9.47 Å². The van der Waals surface area contributed by atoms with E-state index in [2.05, 4.69) is 18.7 Å². The molecule has 0 bridgehead atoms. The minimum Gasteiger partial charge on any atom is -0.347 e. The average Bonchev–Trinajstić information content (AvgIpc) is 2.80. The molecule has 2 unspecified atom stereocenters. The van der Waals surface area contributed by atoms with Gasteiger partial charge in [-0.05, 0) is 31.2 Å². The Hall–Kier alpha value is -0.160. The highest BCUT2D eigenvalue weighted by atomic mass is 16.7. The first-order chi connectivity index (χ1) is 9.00. The van der Waals surface area contributed by atoms with Crippen molar-refractivity contribution in [2.45, 2.75) is 63.8 Å². The average molecular weight is 268 g/mol. The van der Waals surface area contributed by atoms with Crippen LogP contribution in [0, 0.1) is 5.41 Å². The molecule has 3 fully saturated rings. The minimum atomic E-state index is -0.317. The molecule has 1 aliphatic carbocycles. The van der Waals surface area contributed by atoms with E-state index in [1.807, 2.05) is 0 Å². The van der Waals surface area contributed by atoms with Crippen LogP contribution in [0.4, 0.5) is 0 Å². The lowest BCUT2D eigenvalue weighted by Gasteiger charge is -2.48. The molecule has 2 N–H and O–H groups in total. The molecular formula is C15H28N2O2. The molecule has 2 atom stereocenters. The first-order valence-electron chi connectivity index (χ1n) is 7.77. The third-order valence-electron chi connectivity index (χ3n) is 5.09. The summed E-state index contributed by atoms with van der Waals surface area (Å²) in [6.07, 6.45) is 5.53. The SMILES string of the molecule is CC1(C)CCCN(C2CC3(CCC2N)OCCO3)C1. The van der Waals surface area contributed by atoms with Gasteiger partial charge < -0.3 is 15.2 Å². The van der Waals surface area contributed by atoms with Gasteiger partial charge in [0.15, 0.2) is 5.79 Å². The van der Waals surface area contributed by atoms with Crippen LogP contribution in [0.15, 0.2) is 0 Å². The topological polar surface area (TPSA) is 47.7 Å². The van der Waals surface area contributed by atoms with Crippen molar-refractivity contribution in [3.8, 4) is 0 Å². The van der Waals surface area contributed by atoms with Crippen LogP contribution in [0.2, 0.25) is 0 Å². The lowest BCUT2D eigenvalue weighted by atomic mass is 9.79.